The highest BCUT2D eigenvalue weighted by Gasteiger charge is 2.21. The Labute approximate surface area is 126 Å². The van der Waals surface area contributed by atoms with Gasteiger partial charge in [-0.2, -0.15) is 0 Å². The van der Waals surface area contributed by atoms with Crippen LogP contribution in [0.5, 0.6) is 5.75 Å². The van der Waals surface area contributed by atoms with Crippen molar-refractivity contribution in [3.63, 3.8) is 0 Å². The van der Waals surface area contributed by atoms with Crippen molar-refractivity contribution in [2.24, 2.45) is 0 Å². The zero-order valence-electron chi connectivity index (χ0n) is 11.4. The van der Waals surface area contributed by atoms with Gasteiger partial charge in [-0.05, 0) is 58.8 Å². The normalized spacial score (nSPS) is 14.7. The summed E-state index contributed by atoms with van der Waals surface area (Å²) in [5.41, 5.74) is 9.28. The summed E-state index contributed by atoms with van der Waals surface area (Å²) >= 11 is 3.70. The van der Waals surface area contributed by atoms with E-state index in [2.05, 4.69) is 27.2 Å². The molecule has 3 rings (SSSR count). The lowest BCUT2D eigenvalue weighted by molar-refractivity contribution is 0.404. The van der Waals surface area contributed by atoms with E-state index in [1.807, 2.05) is 0 Å². The fourth-order valence-electron chi connectivity index (χ4n) is 2.81. The summed E-state index contributed by atoms with van der Waals surface area (Å²) in [6, 6.07) is 3.89. The van der Waals surface area contributed by atoms with E-state index in [-0.39, 0.29) is 0 Å². The number of hydrogen-bond donors (Lipinski definition) is 1. The second-order valence-corrected chi connectivity index (χ2v) is 5.88. The van der Waals surface area contributed by atoms with Gasteiger partial charge < -0.3 is 15.0 Å². The van der Waals surface area contributed by atoms with E-state index < -0.39 is 0 Å². The summed E-state index contributed by atoms with van der Waals surface area (Å²) in [4.78, 5) is 0. The van der Waals surface area contributed by atoms with Gasteiger partial charge in [0.1, 0.15) is 5.75 Å². The Hall–Kier alpha value is -1.49. The number of benzene rings is 1. The molecule has 0 saturated heterocycles. The maximum Gasteiger partial charge on any atom is 0.172 e. The number of aromatic nitrogens is 1. The molecule has 0 fully saturated rings. The van der Waals surface area contributed by atoms with Gasteiger partial charge in [0.15, 0.2) is 11.6 Å². The maximum absolute atomic E-state index is 5.65. The number of nitrogens with two attached hydrogens (primary N) is 1. The lowest BCUT2D eigenvalue weighted by Gasteiger charge is -2.15. The largest absolute Gasteiger partial charge is 0.495 e. The van der Waals surface area contributed by atoms with E-state index in [9.17, 15) is 0 Å². The minimum atomic E-state index is 0.383. The Morgan fingerprint density at radius 2 is 2.05 bits per heavy atom. The summed E-state index contributed by atoms with van der Waals surface area (Å²) < 4.78 is 11.9. The van der Waals surface area contributed by atoms with Crippen LogP contribution in [0.3, 0.4) is 0 Å². The Morgan fingerprint density at radius 1 is 1.25 bits per heavy atom. The molecule has 2 N–H and O–H groups in total. The quantitative estimate of drug-likeness (QED) is 0.843. The van der Waals surface area contributed by atoms with E-state index >= 15 is 0 Å². The molecule has 0 spiro atoms. The fourth-order valence-corrected chi connectivity index (χ4v) is 3.64. The van der Waals surface area contributed by atoms with Crippen LogP contribution in [0.2, 0.25) is 0 Å². The highest BCUT2D eigenvalue weighted by atomic mass is 79.9. The molecule has 1 aliphatic rings. The van der Waals surface area contributed by atoms with Crippen LogP contribution in [0.15, 0.2) is 21.1 Å². The molecule has 1 aliphatic carbocycles. The van der Waals surface area contributed by atoms with Crippen LogP contribution in [0.1, 0.15) is 30.4 Å². The number of nitrogens with zero attached hydrogens (tertiary/aromatic N) is 1. The number of fused-ring (bicyclic) bond motifs is 1. The second kappa shape index (κ2) is 5.48. The summed E-state index contributed by atoms with van der Waals surface area (Å²) in [6.45, 7) is 0. The molecule has 0 bridgehead atoms. The molecule has 0 amide bonds. The molecule has 1 aromatic carbocycles. The van der Waals surface area contributed by atoms with Crippen LogP contribution in [-0.4, -0.2) is 12.3 Å². The van der Waals surface area contributed by atoms with Crippen molar-refractivity contribution in [1.82, 2.24) is 5.16 Å². The van der Waals surface area contributed by atoms with Crippen LogP contribution >= 0.6 is 15.9 Å². The van der Waals surface area contributed by atoms with Crippen molar-refractivity contribution in [1.29, 1.82) is 0 Å². The molecule has 0 atom stereocenters. The molecule has 106 valence electrons. The van der Waals surface area contributed by atoms with Gasteiger partial charge in [0, 0.05) is 6.07 Å². The predicted octanol–water partition coefficient (Wildman–Crippen LogP) is 3.96. The molecule has 1 aromatic heterocycles. The summed E-state index contributed by atoms with van der Waals surface area (Å²) in [5.74, 6) is 1.82. The Bertz CT molecular complexity index is 637. The predicted molar refractivity (Wildman–Crippen MR) is 81.9 cm³/mol. The third-order valence-electron chi connectivity index (χ3n) is 3.79. The molecule has 0 saturated carbocycles. The van der Waals surface area contributed by atoms with Crippen molar-refractivity contribution >= 4 is 21.7 Å². The smallest absolute Gasteiger partial charge is 0.172 e. The topological polar surface area (TPSA) is 61.3 Å². The molecule has 0 radical (unpaired) electrons. The monoisotopic (exact) mass is 336 g/mol. The third kappa shape index (κ3) is 2.30. The molecule has 5 heteroatoms. The minimum Gasteiger partial charge on any atom is -0.495 e. The average Bonchev–Trinajstić information content (AvgIpc) is 2.73. The Morgan fingerprint density at radius 3 is 2.75 bits per heavy atom. The zero-order chi connectivity index (χ0) is 14.1. The van der Waals surface area contributed by atoms with Crippen LogP contribution < -0.4 is 10.5 Å². The molecule has 0 aliphatic heterocycles. The van der Waals surface area contributed by atoms with Gasteiger partial charge in [-0.1, -0.05) is 11.6 Å². The number of methoxy groups -OCH3 is 1. The van der Waals surface area contributed by atoms with Crippen molar-refractivity contribution in [2.45, 2.75) is 32.1 Å². The zero-order valence-corrected chi connectivity index (χ0v) is 13.0. The molecule has 0 unspecified atom stereocenters. The van der Waals surface area contributed by atoms with Gasteiger partial charge in [-0.15, -0.1) is 0 Å². The van der Waals surface area contributed by atoms with Crippen molar-refractivity contribution in [2.75, 3.05) is 12.8 Å². The van der Waals surface area contributed by atoms with Gasteiger partial charge in [0.2, 0.25) is 0 Å². The van der Waals surface area contributed by atoms with Crippen molar-refractivity contribution < 1.29 is 9.26 Å². The van der Waals surface area contributed by atoms with Crippen LogP contribution in [0.25, 0.3) is 11.3 Å². The molecule has 4 nitrogen and oxygen atoms in total. The molecular formula is C15H17BrN2O2. The summed E-state index contributed by atoms with van der Waals surface area (Å²) in [5, 5.41) is 3.76. The van der Waals surface area contributed by atoms with E-state index in [0.717, 1.165) is 28.6 Å². The van der Waals surface area contributed by atoms with E-state index in [4.69, 9.17) is 15.0 Å². The van der Waals surface area contributed by atoms with Crippen LogP contribution in [0.4, 0.5) is 5.82 Å². The van der Waals surface area contributed by atoms with Crippen LogP contribution in [-0.2, 0) is 12.8 Å². The lowest BCUT2D eigenvalue weighted by Crippen LogP contribution is -1.98. The number of rotatable bonds is 2. The van der Waals surface area contributed by atoms with Gasteiger partial charge in [0.05, 0.1) is 17.1 Å². The lowest BCUT2D eigenvalue weighted by atomic mass is 9.98. The SMILES string of the molecule is COc1c(-c2cc(N)no2)cc2c(c1Br)CCCCC2. The van der Waals surface area contributed by atoms with Gasteiger partial charge in [0.25, 0.3) is 0 Å². The minimum absolute atomic E-state index is 0.383. The number of aryl methyl sites for hydroxylation is 1. The number of anilines is 1. The van der Waals surface area contributed by atoms with Crippen molar-refractivity contribution in [3.8, 4) is 17.1 Å². The van der Waals surface area contributed by atoms with Gasteiger partial charge >= 0.3 is 0 Å². The number of hydrogen-bond acceptors (Lipinski definition) is 4. The third-order valence-corrected chi connectivity index (χ3v) is 4.62. The highest BCUT2D eigenvalue weighted by molar-refractivity contribution is 9.10. The Kier molecular flexibility index (Phi) is 3.70. The second-order valence-electron chi connectivity index (χ2n) is 5.09. The van der Waals surface area contributed by atoms with Gasteiger partial charge in [-0.25, -0.2) is 0 Å². The highest BCUT2D eigenvalue weighted by Crippen LogP contribution is 2.42. The molecular weight excluding hydrogens is 320 g/mol. The first kappa shape index (κ1) is 13.5. The maximum atomic E-state index is 5.65. The number of nitrogen functional groups attached to an aromatic ring is 1. The summed E-state index contributed by atoms with van der Waals surface area (Å²) in [7, 11) is 1.67. The summed E-state index contributed by atoms with van der Waals surface area (Å²) in [6.07, 6.45) is 5.90. The number of ether oxygens (including phenoxy) is 1. The molecule has 2 aromatic rings. The van der Waals surface area contributed by atoms with Crippen LogP contribution in [0, 0.1) is 0 Å². The average molecular weight is 337 g/mol. The fraction of sp³-hybridized carbons (Fsp3) is 0.400. The first-order valence-electron chi connectivity index (χ1n) is 6.81. The van der Waals surface area contributed by atoms with E-state index in [1.165, 1.54) is 30.4 Å². The number of halogens is 1. The first-order chi connectivity index (χ1) is 9.70. The van der Waals surface area contributed by atoms with Gasteiger partial charge in [-0.3, -0.25) is 0 Å². The molecule has 1 heterocycles. The van der Waals surface area contributed by atoms with E-state index in [1.54, 1.807) is 13.2 Å². The van der Waals surface area contributed by atoms with Crippen molar-refractivity contribution in [3.05, 3.63) is 27.7 Å². The molecule has 20 heavy (non-hydrogen) atoms. The van der Waals surface area contributed by atoms with E-state index in [0.29, 0.717) is 11.6 Å². The standard InChI is InChI=1S/C15H17BrN2O2/c1-19-15-11(12-8-13(17)18-20-12)7-9-5-3-2-4-6-10(9)14(15)16/h7-8H,2-6H2,1H3,(H2,17,18). The Balaban J connectivity index is 2.19. The first-order valence-corrected chi connectivity index (χ1v) is 7.61.